The molecule has 0 aliphatic carbocycles. The molecule has 4 rings (SSSR count). The fourth-order valence-corrected chi connectivity index (χ4v) is 4.01. The van der Waals surface area contributed by atoms with Gasteiger partial charge in [0.05, 0.1) is 6.61 Å². The van der Waals surface area contributed by atoms with Crippen LogP contribution in [0, 0.1) is 0 Å². The van der Waals surface area contributed by atoms with Crippen molar-refractivity contribution in [2.24, 2.45) is 0 Å². The van der Waals surface area contributed by atoms with Crippen molar-refractivity contribution in [2.75, 3.05) is 20.2 Å². The van der Waals surface area contributed by atoms with E-state index in [1.165, 1.54) is 0 Å². The number of aromatic nitrogens is 1. The SMILES string of the molecule is CNCCOC(Cl)c1nc2c(o1)-c1ccccc1Sc1ccccc1-2. The van der Waals surface area contributed by atoms with Crippen LogP contribution in [0.5, 0.6) is 0 Å². The van der Waals surface area contributed by atoms with Crippen molar-refractivity contribution in [3.05, 3.63) is 54.4 Å². The molecule has 2 heterocycles. The number of rotatable bonds is 5. The van der Waals surface area contributed by atoms with Gasteiger partial charge in [-0.3, -0.25) is 0 Å². The number of hydrogen-bond acceptors (Lipinski definition) is 5. The quantitative estimate of drug-likeness (QED) is 0.397. The third-order valence-corrected chi connectivity index (χ3v) is 5.41. The number of hydrogen-bond donors (Lipinski definition) is 1. The van der Waals surface area contributed by atoms with Crippen molar-refractivity contribution in [1.82, 2.24) is 10.3 Å². The number of halogens is 1. The van der Waals surface area contributed by atoms with Gasteiger partial charge in [-0.2, -0.15) is 0 Å². The van der Waals surface area contributed by atoms with Gasteiger partial charge in [0.15, 0.2) is 5.76 Å². The average molecular weight is 373 g/mol. The van der Waals surface area contributed by atoms with Crippen LogP contribution in [-0.2, 0) is 4.74 Å². The van der Waals surface area contributed by atoms with Crippen LogP contribution < -0.4 is 5.32 Å². The summed E-state index contributed by atoms with van der Waals surface area (Å²) in [7, 11) is 1.87. The summed E-state index contributed by atoms with van der Waals surface area (Å²) in [6.07, 6.45) is 0. The van der Waals surface area contributed by atoms with E-state index < -0.39 is 5.56 Å². The van der Waals surface area contributed by atoms with Gasteiger partial charge < -0.3 is 14.5 Å². The highest BCUT2D eigenvalue weighted by atomic mass is 35.5. The Labute approximate surface area is 155 Å². The molecule has 1 aliphatic rings. The first-order valence-electron chi connectivity index (χ1n) is 8.05. The molecule has 0 saturated heterocycles. The second-order valence-electron chi connectivity index (χ2n) is 5.61. The molecule has 0 fully saturated rings. The summed E-state index contributed by atoms with van der Waals surface area (Å²) in [6, 6.07) is 16.4. The normalized spacial score (nSPS) is 13.5. The summed E-state index contributed by atoms with van der Waals surface area (Å²) in [5.74, 6) is 1.13. The average Bonchev–Trinajstić information content (AvgIpc) is 3.03. The van der Waals surface area contributed by atoms with E-state index in [1.54, 1.807) is 11.8 Å². The lowest BCUT2D eigenvalue weighted by Crippen LogP contribution is -2.15. The van der Waals surface area contributed by atoms with E-state index in [9.17, 15) is 0 Å². The molecule has 1 aliphatic heterocycles. The van der Waals surface area contributed by atoms with Crippen LogP contribution >= 0.6 is 23.4 Å². The molecule has 2 aromatic carbocycles. The highest BCUT2D eigenvalue weighted by molar-refractivity contribution is 7.99. The van der Waals surface area contributed by atoms with E-state index in [-0.39, 0.29) is 0 Å². The lowest BCUT2D eigenvalue weighted by Gasteiger charge is -2.08. The second kappa shape index (κ2) is 7.22. The Bertz CT molecular complexity index is 834. The van der Waals surface area contributed by atoms with Crippen molar-refractivity contribution in [3.8, 4) is 22.6 Å². The molecule has 0 spiro atoms. The number of benzene rings is 2. The predicted octanol–water partition coefficient (Wildman–Crippen LogP) is 4.95. The minimum Gasteiger partial charge on any atom is -0.436 e. The Morgan fingerprint density at radius 3 is 2.56 bits per heavy atom. The third kappa shape index (κ3) is 3.20. The van der Waals surface area contributed by atoms with Crippen molar-refractivity contribution < 1.29 is 9.15 Å². The number of ether oxygens (including phenoxy) is 1. The number of nitrogens with zero attached hydrogens (tertiary/aromatic N) is 1. The van der Waals surface area contributed by atoms with Crippen LogP contribution in [0.25, 0.3) is 22.6 Å². The van der Waals surface area contributed by atoms with E-state index in [2.05, 4.69) is 28.5 Å². The highest BCUT2D eigenvalue weighted by Gasteiger charge is 2.27. The molecule has 0 saturated carbocycles. The first-order chi connectivity index (χ1) is 12.3. The summed E-state index contributed by atoms with van der Waals surface area (Å²) in [4.78, 5) is 6.96. The zero-order chi connectivity index (χ0) is 17.2. The molecule has 0 amide bonds. The molecule has 0 bridgehead atoms. The highest BCUT2D eigenvalue weighted by Crippen LogP contribution is 2.48. The van der Waals surface area contributed by atoms with E-state index >= 15 is 0 Å². The lowest BCUT2D eigenvalue weighted by molar-refractivity contribution is 0.0929. The van der Waals surface area contributed by atoms with Crippen LogP contribution in [0.3, 0.4) is 0 Å². The fraction of sp³-hybridized carbons (Fsp3) is 0.211. The Hall–Kier alpha value is -1.79. The van der Waals surface area contributed by atoms with Gasteiger partial charge in [-0.05, 0) is 19.2 Å². The largest absolute Gasteiger partial charge is 0.436 e. The van der Waals surface area contributed by atoms with Crippen LogP contribution in [0.4, 0.5) is 0 Å². The second-order valence-corrected chi connectivity index (χ2v) is 7.09. The van der Waals surface area contributed by atoms with Gasteiger partial charge in [0.1, 0.15) is 5.69 Å². The van der Waals surface area contributed by atoms with Crippen LogP contribution in [0.1, 0.15) is 11.5 Å². The van der Waals surface area contributed by atoms with Crippen molar-refractivity contribution >= 4 is 23.4 Å². The summed E-state index contributed by atoms with van der Waals surface area (Å²) in [5, 5.41) is 3.02. The predicted molar refractivity (Wildman–Crippen MR) is 100.0 cm³/mol. The molecule has 1 unspecified atom stereocenters. The van der Waals surface area contributed by atoms with E-state index in [1.807, 2.05) is 37.4 Å². The number of oxazole rings is 1. The van der Waals surface area contributed by atoms with Gasteiger partial charge in [-0.25, -0.2) is 4.98 Å². The summed E-state index contributed by atoms with van der Waals surface area (Å²) in [6.45, 7) is 1.20. The first-order valence-corrected chi connectivity index (χ1v) is 9.31. The van der Waals surface area contributed by atoms with Gasteiger partial charge in [0.2, 0.25) is 11.5 Å². The number of alkyl halides is 1. The maximum atomic E-state index is 6.35. The fourth-order valence-electron chi connectivity index (χ4n) is 2.75. The molecule has 0 radical (unpaired) electrons. The molecule has 1 N–H and O–H groups in total. The third-order valence-electron chi connectivity index (χ3n) is 3.95. The number of nitrogens with one attached hydrogen (secondary N) is 1. The summed E-state index contributed by atoms with van der Waals surface area (Å²) >= 11 is 8.07. The zero-order valence-corrected chi connectivity index (χ0v) is 15.2. The van der Waals surface area contributed by atoms with Gasteiger partial charge >= 0.3 is 0 Å². The van der Waals surface area contributed by atoms with Crippen molar-refractivity contribution in [3.63, 3.8) is 0 Å². The maximum absolute atomic E-state index is 6.35. The Balaban J connectivity index is 1.80. The molecule has 6 heteroatoms. The Morgan fingerprint density at radius 2 is 1.80 bits per heavy atom. The molecule has 1 aromatic heterocycles. The van der Waals surface area contributed by atoms with Crippen LogP contribution in [0.15, 0.2) is 62.7 Å². The topological polar surface area (TPSA) is 47.3 Å². The van der Waals surface area contributed by atoms with Crippen molar-refractivity contribution in [2.45, 2.75) is 15.4 Å². The smallest absolute Gasteiger partial charge is 0.240 e. The van der Waals surface area contributed by atoms with Crippen LogP contribution in [-0.4, -0.2) is 25.2 Å². The van der Waals surface area contributed by atoms with Gasteiger partial charge in [-0.1, -0.05) is 59.8 Å². The zero-order valence-electron chi connectivity index (χ0n) is 13.7. The Morgan fingerprint density at radius 1 is 1.12 bits per heavy atom. The molecule has 1 atom stereocenters. The van der Waals surface area contributed by atoms with E-state index in [0.717, 1.165) is 32.4 Å². The first kappa shape index (κ1) is 16.7. The van der Waals surface area contributed by atoms with Gasteiger partial charge in [0.25, 0.3) is 0 Å². The molecule has 4 nitrogen and oxygen atoms in total. The maximum Gasteiger partial charge on any atom is 0.240 e. The number of likely N-dealkylation sites (N-methyl/N-ethyl adjacent to an activating group) is 1. The molecular weight excluding hydrogens is 356 g/mol. The minimum atomic E-state index is -0.716. The molecule has 3 aromatic rings. The lowest BCUT2D eigenvalue weighted by atomic mass is 10.1. The van der Waals surface area contributed by atoms with E-state index in [4.69, 9.17) is 20.8 Å². The van der Waals surface area contributed by atoms with Gasteiger partial charge in [0, 0.05) is 27.5 Å². The van der Waals surface area contributed by atoms with Crippen molar-refractivity contribution in [1.29, 1.82) is 0 Å². The van der Waals surface area contributed by atoms with E-state index in [0.29, 0.717) is 19.0 Å². The minimum absolute atomic E-state index is 0.388. The Kier molecular flexibility index (Phi) is 4.81. The molecule has 128 valence electrons. The number of fused-ring (bicyclic) bond motifs is 5. The standard InChI is InChI=1S/C19H17ClN2O2S/c1-21-10-11-23-18(20)19-22-16-12-6-2-4-8-14(12)25-15-9-5-3-7-13(15)17(16)24-19/h2-9,18,21H,10-11H2,1H3. The summed E-state index contributed by atoms with van der Waals surface area (Å²) in [5.41, 5.74) is 2.17. The molecule has 25 heavy (non-hydrogen) atoms. The molecular formula is C19H17ClN2O2S. The van der Waals surface area contributed by atoms with Gasteiger partial charge in [-0.15, -0.1) is 0 Å². The van der Waals surface area contributed by atoms with Crippen LogP contribution in [0.2, 0.25) is 0 Å². The monoisotopic (exact) mass is 372 g/mol. The summed E-state index contributed by atoms with van der Waals surface area (Å²) < 4.78 is 11.7.